The van der Waals surface area contributed by atoms with Crippen molar-refractivity contribution in [3.8, 4) is 11.3 Å². The first-order chi connectivity index (χ1) is 11.6. The maximum absolute atomic E-state index is 12.5. The molecular weight excluding hydrogens is 304 g/mol. The highest BCUT2D eigenvalue weighted by atomic mass is 16.4. The van der Waals surface area contributed by atoms with Crippen molar-refractivity contribution in [3.05, 3.63) is 88.2 Å². The Morgan fingerprint density at radius 2 is 1.62 bits per heavy atom. The van der Waals surface area contributed by atoms with Gasteiger partial charge >= 0.3 is 5.97 Å². The minimum Gasteiger partial charge on any atom is -0.480 e. The summed E-state index contributed by atoms with van der Waals surface area (Å²) in [6.07, 6.45) is 0.432. The first-order valence-corrected chi connectivity index (χ1v) is 7.55. The Morgan fingerprint density at radius 1 is 1.00 bits per heavy atom. The Bertz CT molecular complexity index is 903. The summed E-state index contributed by atoms with van der Waals surface area (Å²) in [6.45, 7) is -0.457. The molecule has 0 fully saturated rings. The zero-order valence-corrected chi connectivity index (χ0v) is 12.9. The summed E-state index contributed by atoms with van der Waals surface area (Å²) in [7, 11) is 0. The second-order valence-corrected chi connectivity index (χ2v) is 5.44. The predicted molar refractivity (Wildman–Crippen MR) is 90.8 cm³/mol. The smallest absolute Gasteiger partial charge is 0.325 e. The Balaban J connectivity index is 2.09. The lowest BCUT2D eigenvalue weighted by molar-refractivity contribution is -0.138. The molecule has 0 radical (unpaired) electrons. The lowest BCUT2D eigenvalue weighted by Crippen LogP contribution is -2.29. The minimum atomic E-state index is -1.10. The van der Waals surface area contributed by atoms with Crippen LogP contribution in [-0.4, -0.2) is 20.9 Å². The highest BCUT2D eigenvalue weighted by Crippen LogP contribution is 2.17. The van der Waals surface area contributed by atoms with E-state index in [2.05, 4.69) is 5.10 Å². The lowest BCUT2D eigenvalue weighted by atomic mass is 10.0. The van der Waals surface area contributed by atoms with E-state index in [1.165, 1.54) is 0 Å². The standard InChI is InChI=1S/C19H16N2O3/c22-18(23)13-21-19(24)16(11-14-7-3-1-4-8-14)12-17(20-21)15-9-5-2-6-10-15/h1-10,12H,11,13H2,(H,22,23). The largest absolute Gasteiger partial charge is 0.480 e. The van der Waals surface area contributed by atoms with Gasteiger partial charge in [0.15, 0.2) is 0 Å². The Labute approximate surface area is 138 Å². The van der Waals surface area contributed by atoms with Crippen molar-refractivity contribution in [3.63, 3.8) is 0 Å². The summed E-state index contributed by atoms with van der Waals surface area (Å²) < 4.78 is 1.02. The second-order valence-electron chi connectivity index (χ2n) is 5.44. The number of hydrogen-bond donors (Lipinski definition) is 1. The number of benzene rings is 2. The molecule has 5 nitrogen and oxygen atoms in total. The van der Waals surface area contributed by atoms with E-state index in [-0.39, 0.29) is 5.56 Å². The Kier molecular flexibility index (Phi) is 4.52. The van der Waals surface area contributed by atoms with Gasteiger partial charge in [-0.05, 0) is 11.6 Å². The molecule has 0 saturated carbocycles. The van der Waals surface area contributed by atoms with E-state index in [1.54, 1.807) is 6.07 Å². The average molecular weight is 320 g/mol. The van der Waals surface area contributed by atoms with Gasteiger partial charge in [0.25, 0.3) is 5.56 Å². The van der Waals surface area contributed by atoms with Gasteiger partial charge in [-0.15, -0.1) is 0 Å². The van der Waals surface area contributed by atoms with Crippen LogP contribution < -0.4 is 5.56 Å². The molecule has 0 bridgehead atoms. The average Bonchev–Trinajstić information content (AvgIpc) is 2.59. The van der Waals surface area contributed by atoms with Crippen LogP contribution in [0.25, 0.3) is 11.3 Å². The van der Waals surface area contributed by atoms with Crippen molar-refractivity contribution < 1.29 is 9.90 Å². The predicted octanol–water partition coefficient (Wildman–Crippen LogP) is 2.59. The quantitative estimate of drug-likeness (QED) is 0.784. The van der Waals surface area contributed by atoms with E-state index < -0.39 is 12.5 Å². The summed E-state index contributed by atoms with van der Waals surface area (Å²) in [6, 6.07) is 20.7. The molecule has 0 unspecified atom stereocenters. The molecule has 0 aliphatic carbocycles. The number of carboxylic acids is 1. The zero-order valence-electron chi connectivity index (χ0n) is 12.9. The molecule has 24 heavy (non-hydrogen) atoms. The van der Waals surface area contributed by atoms with E-state index in [4.69, 9.17) is 5.11 Å². The van der Waals surface area contributed by atoms with Gasteiger partial charge in [0.1, 0.15) is 6.54 Å². The van der Waals surface area contributed by atoms with Crippen LogP contribution in [0.2, 0.25) is 0 Å². The summed E-state index contributed by atoms with van der Waals surface area (Å²) in [5.41, 5.74) is 2.56. The molecule has 0 amide bonds. The number of aromatic nitrogens is 2. The number of aliphatic carboxylic acids is 1. The van der Waals surface area contributed by atoms with Gasteiger partial charge in [0.2, 0.25) is 0 Å². The normalized spacial score (nSPS) is 10.5. The van der Waals surface area contributed by atoms with Crippen molar-refractivity contribution in [1.29, 1.82) is 0 Å². The van der Waals surface area contributed by atoms with Crippen LogP contribution >= 0.6 is 0 Å². The number of hydrogen-bond acceptors (Lipinski definition) is 3. The van der Waals surface area contributed by atoms with Crippen molar-refractivity contribution in [2.75, 3.05) is 0 Å². The molecular formula is C19H16N2O3. The molecule has 3 rings (SSSR count). The summed E-state index contributed by atoms with van der Waals surface area (Å²) >= 11 is 0. The molecule has 0 atom stereocenters. The molecule has 0 spiro atoms. The maximum atomic E-state index is 12.5. The number of carbonyl (C=O) groups is 1. The van der Waals surface area contributed by atoms with Gasteiger partial charge in [0.05, 0.1) is 5.69 Å². The fourth-order valence-electron chi connectivity index (χ4n) is 2.52. The molecule has 0 aliphatic rings. The molecule has 3 aromatic rings. The van der Waals surface area contributed by atoms with Crippen LogP contribution in [0.15, 0.2) is 71.5 Å². The van der Waals surface area contributed by atoms with E-state index >= 15 is 0 Å². The van der Waals surface area contributed by atoms with Crippen molar-refractivity contribution in [2.24, 2.45) is 0 Å². The highest BCUT2D eigenvalue weighted by molar-refractivity contribution is 5.66. The van der Waals surface area contributed by atoms with Gasteiger partial charge in [0, 0.05) is 17.5 Å². The first kappa shape index (κ1) is 15.7. The lowest BCUT2D eigenvalue weighted by Gasteiger charge is -2.09. The summed E-state index contributed by atoms with van der Waals surface area (Å²) in [5.74, 6) is -1.10. The number of nitrogens with zero attached hydrogens (tertiary/aromatic N) is 2. The summed E-state index contributed by atoms with van der Waals surface area (Å²) in [5, 5.41) is 13.2. The molecule has 120 valence electrons. The third kappa shape index (κ3) is 3.57. The molecule has 2 aromatic carbocycles. The monoisotopic (exact) mass is 320 g/mol. The van der Waals surface area contributed by atoms with Crippen LogP contribution in [0.3, 0.4) is 0 Å². The fourth-order valence-corrected chi connectivity index (χ4v) is 2.52. The third-order valence-electron chi connectivity index (χ3n) is 3.64. The van der Waals surface area contributed by atoms with Crippen LogP contribution in [0.5, 0.6) is 0 Å². The minimum absolute atomic E-state index is 0.374. The Hall–Kier alpha value is -3.21. The van der Waals surface area contributed by atoms with Crippen LogP contribution in [-0.2, 0) is 17.8 Å². The van der Waals surface area contributed by atoms with Crippen LogP contribution in [0.1, 0.15) is 11.1 Å². The molecule has 1 heterocycles. The van der Waals surface area contributed by atoms with Gasteiger partial charge in [-0.25, -0.2) is 4.68 Å². The third-order valence-corrected chi connectivity index (χ3v) is 3.64. The number of rotatable bonds is 5. The van der Waals surface area contributed by atoms with E-state index in [0.717, 1.165) is 15.8 Å². The van der Waals surface area contributed by atoms with Crippen LogP contribution in [0, 0.1) is 0 Å². The van der Waals surface area contributed by atoms with Crippen molar-refractivity contribution in [1.82, 2.24) is 9.78 Å². The first-order valence-electron chi connectivity index (χ1n) is 7.55. The second kappa shape index (κ2) is 6.91. The Morgan fingerprint density at radius 3 is 2.25 bits per heavy atom. The van der Waals surface area contributed by atoms with Gasteiger partial charge in [-0.1, -0.05) is 60.7 Å². The zero-order chi connectivity index (χ0) is 16.9. The maximum Gasteiger partial charge on any atom is 0.325 e. The highest BCUT2D eigenvalue weighted by Gasteiger charge is 2.12. The SMILES string of the molecule is O=C(O)Cn1nc(-c2ccccc2)cc(Cc2ccccc2)c1=O. The molecule has 1 aromatic heterocycles. The van der Waals surface area contributed by atoms with E-state index in [1.807, 2.05) is 60.7 Å². The fraction of sp³-hybridized carbons (Fsp3) is 0.105. The van der Waals surface area contributed by atoms with Crippen molar-refractivity contribution >= 4 is 5.97 Å². The molecule has 0 aliphatic heterocycles. The molecule has 1 N–H and O–H groups in total. The van der Waals surface area contributed by atoms with E-state index in [9.17, 15) is 9.59 Å². The van der Waals surface area contributed by atoms with Gasteiger partial charge in [-0.3, -0.25) is 9.59 Å². The van der Waals surface area contributed by atoms with Crippen LogP contribution in [0.4, 0.5) is 0 Å². The van der Waals surface area contributed by atoms with Gasteiger partial charge < -0.3 is 5.11 Å². The number of carboxylic acid groups (broad SMARTS) is 1. The van der Waals surface area contributed by atoms with Crippen molar-refractivity contribution in [2.45, 2.75) is 13.0 Å². The van der Waals surface area contributed by atoms with Gasteiger partial charge in [-0.2, -0.15) is 5.10 Å². The van der Waals surface area contributed by atoms with E-state index in [0.29, 0.717) is 17.7 Å². The topological polar surface area (TPSA) is 72.2 Å². The molecule has 0 saturated heterocycles. The summed E-state index contributed by atoms with van der Waals surface area (Å²) in [4.78, 5) is 23.6. The molecule has 5 heteroatoms.